The van der Waals surface area contributed by atoms with E-state index in [-0.39, 0.29) is 43.6 Å². The van der Waals surface area contributed by atoms with Gasteiger partial charge in [-0.25, -0.2) is 13.2 Å². The predicted molar refractivity (Wildman–Crippen MR) is 96.3 cm³/mol. The molecule has 0 radical (unpaired) electrons. The Morgan fingerprint density at radius 3 is 2.35 bits per heavy atom. The van der Waals surface area contributed by atoms with Gasteiger partial charge in [-0.3, -0.25) is 4.79 Å². The van der Waals surface area contributed by atoms with Crippen LogP contribution in [0.3, 0.4) is 0 Å². The molecule has 142 valence electrons. The Labute approximate surface area is 153 Å². The maximum absolute atomic E-state index is 12.7. The Kier molecular flexibility index (Phi) is 6.76. The normalized spacial score (nSPS) is 15.3. The number of carbonyl (C=O) groups is 2. The number of hydrogen-bond acceptors (Lipinski definition) is 5. The molecule has 1 aliphatic heterocycles. The van der Waals surface area contributed by atoms with Crippen LogP contribution >= 0.6 is 0 Å². The zero-order valence-corrected chi connectivity index (χ0v) is 15.5. The van der Waals surface area contributed by atoms with Gasteiger partial charge in [-0.05, 0) is 31.2 Å². The summed E-state index contributed by atoms with van der Waals surface area (Å²) in [7, 11) is -3.68. The molecule has 8 nitrogen and oxygen atoms in total. The van der Waals surface area contributed by atoms with Gasteiger partial charge in [-0.1, -0.05) is 6.08 Å². The van der Waals surface area contributed by atoms with Crippen molar-refractivity contribution in [3.63, 3.8) is 0 Å². The number of piperazine rings is 1. The minimum atomic E-state index is -3.68. The lowest BCUT2D eigenvalue weighted by Gasteiger charge is -2.33. The topological polar surface area (TPSA) is 96.0 Å². The van der Waals surface area contributed by atoms with Gasteiger partial charge in [0.25, 0.3) is 5.91 Å². The van der Waals surface area contributed by atoms with E-state index in [1.165, 1.54) is 33.5 Å². The van der Waals surface area contributed by atoms with E-state index < -0.39 is 16.1 Å². The Balaban J connectivity index is 2.03. The lowest BCUT2D eigenvalue weighted by atomic mass is 10.2. The zero-order valence-electron chi connectivity index (χ0n) is 14.7. The minimum Gasteiger partial charge on any atom is -0.450 e. The van der Waals surface area contributed by atoms with Crippen LogP contribution in [0.5, 0.6) is 0 Å². The molecule has 0 unspecified atom stereocenters. The number of benzene rings is 1. The van der Waals surface area contributed by atoms with Crippen LogP contribution in [0, 0.1) is 0 Å². The molecule has 0 spiro atoms. The van der Waals surface area contributed by atoms with Crippen molar-refractivity contribution < 1.29 is 22.7 Å². The van der Waals surface area contributed by atoms with Gasteiger partial charge in [-0.15, -0.1) is 6.58 Å². The van der Waals surface area contributed by atoms with Crippen molar-refractivity contribution in [2.24, 2.45) is 0 Å². The predicted octanol–water partition coefficient (Wildman–Crippen LogP) is 1.07. The van der Waals surface area contributed by atoms with E-state index >= 15 is 0 Å². The number of hydrogen-bond donors (Lipinski definition) is 1. The smallest absolute Gasteiger partial charge is 0.409 e. The molecule has 1 aromatic carbocycles. The Morgan fingerprint density at radius 2 is 1.81 bits per heavy atom. The van der Waals surface area contributed by atoms with Crippen LogP contribution in [-0.2, 0) is 14.8 Å². The van der Waals surface area contributed by atoms with Crippen molar-refractivity contribution in [1.29, 1.82) is 0 Å². The molecule has 0 atom stereocenters. The van der Waals surface area contributed by atoms with E-state index in [1.54, 1.807) is 13.0 Å². The molecule has 1 aliphatic rings. The molecule has 0 bridgehead atoms. The van der Waals surface area contributed by atoms with Crippen LogP contribution in [0.1, 0.15) is 17.3 Å². The fourth-order valence-corrected chi connectivity index (χ4v) is 3.94. The van der Waals surface area contributed by atoms with Gasteiger partial charge in [0.1, 0.15) is 0 Å². The van der Waals surface area contributed by atoms with Gasteiger partial charge < -0.3 is 15.0 Å². The molecule has 26 heavy (non-hydrogen) atoms. The Hall–Kier alpha value is -2.39. The first-order valence-corrected chi connectivity index (χ1v) is 9.75. The highest BCUT2D eigenvalue weighted by molar-refractivity contribution is 7.89. The zero-order chi connectivity index (χ0) is 19.2. The first-order valence-electron chi connectivity index (χ1n) is 8.31. The maximum Gasteiger partial charge on any atom is 0.409 e. The molecule has 1 heterocycles. The molecule has 9 heteroatoms. The number of nitrogens with one attached hydrogen (secondary N) is 1. The second-order valence-corrected chi connectivity index (χ2v) is 7.55. The summed E-state index contributed by atoms with van der Waals surface area (Å²) in [6.45, 7) is 6.81. The number of rotatable bonds is 6. The van der Waals surface area contributed by atoms with E-state index in [9.17, 15) is 18.0 Å². The molecule has 0 aliphatic carbocycles. The Bertz CT molecular complexity index is 753. The monoisotopic (exact) mass is 381 g/mol. The number of ether oxygens (including phenoxy) is 1. The van der Waals surface area contributed by atoms with Crippen molar-refractivity contribution >= 4 is 22.0 Å². The first-order chi connectivity index (χ1) is 12.4. The van der Waals surface area contributed by atoms with E-state index in [0.29, 0.717) is 12.1 Å². The van der Waals surface area contributed by atoms with E-state index in [1.807, 2.05) is 0 Å². The molecule has 1 aromatic rings. The molecule has 0 saturated carbocycles. The third kappa shape index (κ3) is 4.61. The van der Waals surface area contributed by atoms with Crippen LogP contribution in [0.2, 0.25) is 0 Å². The van der Waals surface area contributed by atoms with Crippen molar-refractivity contribution in [2.45, 2.75) is 11.8 Å². The highest BCUT2D eigenvalue weighted by atomic mass is 32.2. The van der Waals surface area contributed by atoms with Gasteiger partial charge in [0, 0.05) is 38.3 Å². The second-order valence-electron chi connectivity index (χ2n) is 5.61. The molecular formula is C17H23N3O5S. The lowest BCUT2D eigenvalue weighted by Crippen LogP contribution is -2.50. The van der Waals surface area contributed by atoms with Crippen molar-refractivity contribution in [2.75, 3.05) is 39.3 Å². The summed E-state index contributed by atoms with van der Waals surface area (Å²) in [6.07, 6.45) is 1.13. The summed E-state index contributed by atoms with van der Waals surface area (Å²) >= 11 is 0. The third-order valence-corrected chi connectivity index (χ3v) is 5.84. The van der Waals surface area contributed by atoms with Crippen molar-refractivity contribution in [3.05, 3.63) is 42.5 Å². The number of carbonyl (C=O) groups excluding carboxylic acids is 2. The summed E-state index contributed by atoms with van der Waals surface area (Å²) in [6, 6.07) is 5.77. The molecule has 0 aromatic heterocycles. The average molecular weight is 381 g/mol. The van der Waals surface area contributed by atoms with Gasteiger partial charge in [0.15, 0.2) is 0 Å². The molecule has 2 amide bonds. The first kappa shape index (κ1) is 19.9. The summed E-state index contributed by atoms with van der Waals surface area (Å²) in [5, 5.41) is 2.63. The van der Waals surface area contributed by atoms with Crippen LogP contribution in [0.15, 0.2) is 41.8 Å². The summed E-state index contributed by atoms with van der Waals surface area (Å²) in [5.74, 6) is -0.295. The fraction of sp³-hybridized carbons (Fsp3) is 0.412. The molecule has 1 saturated heterocycles. The van der Waals surface area contributed by atoms with Gasteiger partial charge in [0.2, 0.25) is 10.0 Å². The molecule has 1 fully saturated rings. The lowest BCUT2D eigenvalue weighted by molar-refractivity contribution is 0.0933. The van der Waals surface area contributed by atoms with Crippen LogP contribution in [-0.4, -0.2) is 69.0 Å². The molecular weight excluding hydrogens is 358 g/mol. The van der Waals surface area contributed by atoms with Crippen molar-refractivity contribution in [1.82, 2.24) is 14.5 Å². The van der Waals surface area contributed by atoms with Gasteiger partial charge in [-0.2, -0.15) is 4.31 Å². The molecule has 2 rings (SSSR count). The number of nitrogens with zero attached hydrogens (tertiary/aromatic N) is 2. The van der Waals surface area contributed by atoms with E-state index in [4.69, 9.17) is 4.74 Å². The summed E-state index contributed by atoms with van der Waals surface area (Å²) in [4.78, 5) is 25.1. The Morgan fingerprint density at radius 1 is 1.19 bits per heavy atom. The maximum atomic E-state index is 12.7. The number of amides is 2. The largest absolute Gasteiger partial charge is 0.450 e. The quantitative estimate of drug-likeness (QED) is 0.744. The van der Waals surface area contributed by atoms with E-state index in [2.05, 4.69) is 11.9 Å². The fourth-order valence-electron chi connectivity index (χ4n) is 2.52. The van der Waals surface area contributed by atoms with Crippen LogP contribution < -0.4 is 5.32 Å². The van der Waals surface area contributed by atoms with Crippen LogP contribution in [0.25, 0.3) is 0 Å². The van der Waals surface area contributed by atoms with Gasteiger partial charge >= 0.3 is 6.09 Å². The summed E-state index contributed by atoms with van der Waals surface area (Å²) in [5.41, 5.74) is 0.373. The minimum absolute atomic E-state index is 0.113. The highest BCUT2D eigenvalue weighted by Gasteiger charge is 2.30. The van der Waals surface area contributed by atoms with Gasteiger partial charge in [0.05, 0.1) is 11.5 Å². The van der Waals surface area contributed by atoms with Crippen molar-refractivity contribution in [3.8, 4) is 0 Å². The SMILES string of the molecule is C=CCNC(=O)c1ccc(S(=O)(=O)N2CCN(C(=O)OCC)CC2)cc1. The second kappa shape index (κ2) is 8.81. The number of sulfonamides is 1. The highest BCUT2D eigenvalue weighted by Crippen LogP contribution is 2.18. The summed E-state index contributed by atoms with van der Waals surface area (Å²) < 4.78 is 31.7. The van der Waals surface area contributed by atoms with Crippen LogP contribution in [0.4, 0.5) is 4.79 Å². The third-order valence-electron chi connectivity index (χ3n) is 3.93. The molecule has 1 N–H and O–H groups in total. The average Bonchev–Trinajstić information content (AvgIpc) is 2.66. The standard InChI is InChI=1S/C17H23N3O5S/c1-3-9-18-16(21)14-5-7-15(8-6-14)26(23,24)20-12-10-19(11-13-20)17(22)25-4-2/h3,5-8H,1,4,9-13H2,2H3,(H,18,21). The van der Waals surface area contributed by atoms with E-state index in [0.717, 1.165) is 0 Å².